The predicted octanol–water partition coefficient (Wildman–Crippen LogP) is 0.709. The number of hydrogen-bond donors (Lipinski definition) is 1. The fraction of sp³-hybridized carbons (Fsp3) is 0.385. The summed E-state index contributed by atoms with van der Waals surface area (Å²) in [7, 11) is -3.41. The highest BCUT2D eigenvalue weighted by Gasteiger charge is 2.27. The Kier molecular flexibility index (Phi) is 3.80. The molecule has 1 aromatic rings. The molecule has 1 aliphatic heterocycles. The summed E-state index contributed by atoms with van der Waals surface area (Å²) in [6.07, 6.45) is 2.19. The van der Waals surface area contributed by atoms with Crippen molar-refractivity contribution in [1.82, 2.24) is 0 Å². The van der Waals surface area contributed by atoms with Gasteiger partial charge in [0.25, 0.3) is 0 Å². The van der Waals surface area contributed by atoms with Crippen molar-refractivity contribution in [3.05, 3.63) is 29.3 Å². The molecular formula is C13H15NO5S. The summed E-state index contributed by atoms with van der Waals surface area (Å²) >= 11 is 0. The number of aromatic carboxylic acids is 1. The average molecular weight is 297 g/mol. The van der Waals surface area contributed by atoms with E-state index >= 15 is 0 Å². The van der Waals surface area contributed by atoms with Crippen LogP contribution >= 0.6 is 0 Å². The van der Waals surface area contributed by atoms with Crippen LogP contribution in [-0.2, 0) is 21.1 Å². The number of rotatable bonds is 3. The number of carbonyl (C=O) groups excluding carboxylic acids is 1. The third-order valence-corrected chi connectivity index (χ3v) is 3.94. The highest BCUT2D eigenvalue weighted by molar-refractivity contribution is 7.91. The summed E-state index contributed by atoms with van der Waals surface area (Å²) < 4.78 is 22.5. The van der Waals surface area contributed by atoms with Gasteiger partial charge in [0, 0.05) is 18.5 Å². The highest BCUT2D eigenvalue weighted by atomic mass is 32.2. The summed E-state index contributed by atoms with van der Waals surface area (Å²) in [6, 6.07) is 4.71. The van der Waals surface area contributed by atoms with Crippen molar-refractivity contribution in [3.8, 4) is 0 Å². The largest absolute Gasteiger partial charge is 0.478 e. The first-order chi connectivity index (χ1) is 9.29. The lowest BCUT2D eigenvalue weighted by molar-refractivity contribution is -0.116. The van der Waals surface area contributed by atoms with Gasteiger partial charge in [0.1, 0.15) is 5.75 Å². The molecular weight excluding hydrogens is 282 g/mol. The van der Waals surface area contributed by atoms with E-state index in [1.54, 1.807) is 12.1 Å². The molecule has 0 saturated carbocycles. The second-order valence-electron chi connectivity index (χ2n) is 4.83. The van der Waals surface area contributed by atoms with Gasteiger partial charge in [0.05, 0.1) is 5.56 Å². The Labute approximate surface area is 116 Å². The molecule has 1 N–H and O–H groups in total. The number of amides is 1. The fourth-order valence-electron chi connectivity index (χ4n) is 2.39. The summed E-state index contributed by atoms with van der Waals surface area (Å²) in [4.78, 5) is 24.6. The third kappa shape index (κ3) is 2.98. The summed E-state index contributed by atoms with van der Waals surface area (Å²) in [5, 5.41) is 9.15. The summed E-state index contributed by atoms with van der Waals surface area (Å²) in [5.74, 6) is -2.13. The van der Waals surface area contributed by atoms with Gasteiger partial charge in [-0.05, 0) is 30.5 Å². The average Bonchev–Trinajstić information content (AvgIpc) is 2.35. The minimum absolute atomic E-state index is 0.166. The van der Waals surface area contributed by atoms with Crippen molar-refractivity contribution >= 4 is 27.4 Å². The maximum absolute atomic E-state index is 12.1. The first-order valence-corrected chi connectivity index (χ1v) is 8.19. The van der Waals surface area contributed by atoms with Crippen LogP contribution in [0.25, 0.3) is 0 Å². The van der Waals surface area contributed by atoms with Gasteiger partial charge in [-0.1, -0.05) is 6.07 Å². The number of anilines is 1. The van der Waals surface area contributed by atoms with Gasteiger partial charge in [0.2, 0.25) is 5.91 Å². The Hall–Kier alpha value is -1.89. The van der Waals surface area contributed by atoms with Crippen molar-refractivity contribution in [2.24, 2.45) is 0 Å². The third-order valence-electron chi connectivity index (χ3n) is 3.17. The van der Waals surface area contributed by atoms with Gasteiger partial charge in [-0.25, -0.2) is 13.2 Å². The van der Waals surface area contributed by atoms with Gasteiger partial charge < -0.3 is 10.0 Å². The van der Waals surface area contributed by atoms with Crippen LogP contribution in [-0.4, -0.2) is 44.0 Å². The van der Waals surface area contributed by atoms with E-state index in [0.717, 1.165) is 6.26 Å². The quantitative estimate of drug-likeness (QED) is 0.887. The van der Waals surface area contributed by atoms with Crippen molar-refractivity contribution in [2.75, 3.05) is 23.5 Å². The molecule has 108 valence electrons. The van der Waals surface area contributed by atoms with Crippen LogP contribution in [0.15, 0.2) is 18.2 Å². The zero-order valence-electron chi connectivity index (χ0n) is 11.0. The predicted molar refractivity (Wildman–Crippen MR) is 73.8 cm³/mol. The van der Waals surface area contributed by atoms with Crippen LogP contribution in [0, 0.1) is 0 Å². The van der Waals surface area contributed by atoms with Crippen LogP contribution in [0.3, 0.4) is 0 Å². The van der Waals surface area contributed by atoms with Crippen LogP contribution in [0.1, 0.15) is 22.3 Å². The van der Waals surface area contributed by atoms with E-state index in [2.05, 4.69) is 0 Å². The Morgan fingerprint density at radius 1 is 1.35 bits per heavy atom. The smallest absolute Gasteiger partial charge is 0.336 e. The molecule has 1 heterocycles. The molecule has 7 heteroatoms. The zero-order chi connectivity index (χ0) is 14.9. The zero-order valence-corrected chi connectivity index (χ0v) is 11.8. The van der Waals surface area contributed by atoms with Gasteiger partial charge in [0.15, 0.2) is 9.84 Å². The maximum atomic E-state index is 12.1. The molecule has 20 heavy (non-hydrogen) atoms. The van der Waals surface area contributed by atoms with Crippen molar-refractivity contribution in [1.29, 1.82) is 0 Å². The Balaban J connectivity index is 2.41. The molecule has 6 nitrogen and oxygen atoms in total. The number of nitrogens with zero attached hydrogens (tertiary/aromatic N) is 1. The summed E-state index contributed by atoms with van der Waals surface area (Å²) in [6.45, 7) is 0.407. The molecule has 0 unspecified atom stereocenters. The number of benzene rings is 1. The molecule has 0 spiro atoms. The van der Waals surface area contributed by atoms with E-state index in [1.807, 2.05) is 0 Å². The molecule has 0 aliphatic carbocycles. The number of carboxylic acid groups (broad SMARTS) is 1. The second kappa shape index (κ2) is 5.24. The van der Waals surface area contributed by atoms with Gasteiger partial charge >= 0.3 is 5.97 Å². The first-order valence-electron chi connectivity index (χ1n) is 6.13. The van der Waals surface area contributed by atoms with Crippen LogP contribution < -0.4 is 4.90 Å². The monoisotopic (exact) mass is 297 g/mol. The molecule has 2 rings (SSSR count). The minimum Gasteiger partial charge on any atom is -0.478 e. The van der Waals surface area contributed by atoms with Gasteiger partial charge in [-0.15, -0.1) is 0 Å². The van der Waals surface area contributed by atoms with E-state index in [9.17, 15) is 18.0 Å². The second-order valence-corrected chi connectivity index (χ2v) is 6.97. The van der Waals surface area contributed by atoms with Crippen molar-refractivity contribution < 1.29 is 23.1 Å². The topological polar surface area (TPSA) is 91.8 Å². The maximum Gasteiger partial charge on any atom is 0.336 e. The van der Waals surface area contributed by atoms with Gasteiger partial charge in [-0.2, -0.15) is 0 Å². The van der Waals surface area contributed by atoms with E-state index < -0.39 is 27.5 Å². The molecule has 1 amide bonds. The molecule has 0 bridgehead atoms. The summed E-state index contributed by atoms with van der Waals surface area (Å²) in [5.41, 5.74) is 1.26. The highest BCUT2D eigenvalue weighted by Crippen LogP contribution is 2.30. The Morgan fingerprint density at radius 2 is 2.05 bits per heavy atom. The van der Waals surface area contributed by atoms with E-state index in [-0.39, 0.29) is 5.56 Å². The van der Waals surface area contributed by atoms with Crippen molar-refractivity contribution in [2.45, 2.75) is 12.8 Å². The molecule has 1 aliphatic rings. The molecule has 0 aromatic heterocycles. The normalized spacial score (nSPS) is 14.8. The SMILES string of the molecule is CS(=O)(=O)CC(=O)N1CCCc2c(C(=O)O)cccc21. The minimum atomic E-state index is -3.41. The fourth-order valence-corrected chi connectivity index (χ4v) is 2.99. The number of hydrogen-bond acceptors (Lipinski definition) is 4. The molecule has 1 aromatic carbocycles. The van der Waals surface area contributed by atoms with Crippen molar-refractivity contribution in [3.63, 3.8) is 0 Å². The van der Waals surface area contributed by atoms with E-state index in [0.29, 0.717) is 30.6 Å². The number of carbonyl (C=O) groups is 2. The van der Waals surface area contributed by atoms with Crippen LogP contribution in [0.5, 0.6) is 0 Å². The molecule has 0 radical (unpaired) electrons. The van der Waals surface area contributed by atoms with E-state index in [4.69, 9.17) is 5.11 Å². The number of fused-ring (bicyclic) bond motifs is 1. The van der Waals surface area contributed by atoms with Gasteiger partial charge in [-0.3, -0.25) is 4.79 Å². The van der Waals surface area contributed by atoms with Crippen LogP contribution in [0.2, 0.25) is 0 Å². The first kappa shape index (κ1) is 14.5. The molecule has 0 saturated heterocycles. The Bertz CT molecular complexity index is 665. The standard InChI is InChI=1S/C13H15NO5S/c1-20(18,19)8-12(15)14-7-3-5-9-10(13(16)17)4-2-6-11(9)14/h2,4,6H,3,5,7-8H2,1H3,(H,16,17). The number of carboxylic acids is 1. The Morgan fingerprint density at radius 3 is 2.65 bits per heavy atom. The van der Waals surface area contributed by atoms with E-state index in [1.165, 1.54) is 11.0 Å². The lowest BCUT2D eigenvalue weighted by atomic mass is 9.96. The lowest BCUT2D eigenvalue weighted by Gasteiger charge is -2.30. The number of sulfone groups is 1. The van der Waals surface area contributed by atoms with Crippen LogP contribution in [0.4, 0.5) is 5.69 Å². The molecule has 0 fully saturated rings. The lowest BCUT2D eigenvalue weighted by Crippen LogP contribution is -2.39. The molecule has 0 atom stereocenters.